The summed E-state index contributed by atoms with van der Waals surface area (Å²) in [6, 6.07) is 0. The Kier molecular flexibility index (Phi) is 5.79. The molecule has 1 atom stereocenters. The van der Waals surface area contributed by atoms with Gasteiger partial charge in [-0.25, -0.2) is 10.8 Å². The topological polar surface area (TPSA) is 68.0 Å². The quantitative estimate of drug-likeness (QED) is 0.466. The van der Waals surface area contributed by atoms with E-state index in [1.807, 2.05) is 17.1 Å². The van der Waals surface area contributed by atoms with E-state index in [2.05, 4.69) is 24.3 Å². The number of hydrazine groups is 1. The summed E-state index contributed by atoms with van der Waals surface area (Å²) >= 11 is 3.18. The number of nitrogens with two attached hydrogens (primary N) is 1. The molecule has 0 aliphatic rings. The van der Waals surface area contributed by atoms with Crippen LogP contribution >= 0.6 is 23.1 Å². The molecule has 90 valence electrons. The van der Waals surface area contributed by atoms with Gasteiger partial charge < -0.3 is 0 Å². The van der Waals surface area contributed by atoms with Crippen LogP contribution in [0.2, 0.25) is 0 Å². The molecular formula is C10H17N3OS2. The van der Waals surface area contributed by atoms with Crippen LogP contribution in [0.25, 0.3) is 0 Å². The normalized spacial score (nSPS) is 12.4. The second-order valence-corrected chi connectivity index (χ2v) is 5.53. The first-order chi connectivity index (χ1) is 7.67. The van der Waals surface area contributed by atoms with Crippen LogP contribution in [0.1, 0.15) is 35.8 Å². The first-order valence-electron chi connectivity index (χ1n) is 5.20. The minimum Gasteiger partial charge on any atom is -0.288 e. The molecule has 0 aliphatic heterocycles. The van der Waals surface area contributed by atoms with Gasteiger partial charge in [0.05, 0.1) is 5.69 Å². The van der Waals surface area contributed by atoms with Gasteiger partial charge in [-0.15, -0.1) is 11.3 Å². The molecule has 1 aromatic rings. The zero-order valence-electron chi connectivity index (χ0n) is 9.53. The number of thioether (sulfide) groups is 1. The molecule has 0 aliphatic carbocycles. The van der Waals surface area contributed by atoms with Crippen LogP contribution < -0.4 is 11.3 Å². The fourth-order valence-corrected chi connectivity index (χ4v) is 2.96. The average Bonchev–Trinajstić information content (AvgIpc) is 2.76. The van der Waals surface area contributed by atoms with E-state index in [0.717, 1.165) is 23.1 Å². The maximum Gasteiger partial charge on any atom is 0.294 e. The van der Waals surface area contributed by atoms with Crippen LogP contribution in [0.4, 0.5) is 0 Å². The average molecular weight is 259 g/mol. The van der Waals surface area contributed by atoms with E-state index >= 15 is 0 Å². The number of carbonyl (C=O) groups excluding carboxylic acids is 1. The summed E-state index contributed by atoms with van der Waals surface area (Å²) in [5.74, 6) is 7.44. The smallest absolute Gasteiger partial charge is 0.288 e. The summed E-state index contributed by atoms with van der Waals surface area (Å²) in [7, 11) is 0. The van der Waals surface area contributed by atoms with Crippen LogP contribution in [0.5, 0.6) is 0 Å². The first-order valence-corrected chi connectivity index (χ1v) is 7.23. The number of nitrogens with zero attached hydrogens (tertiary/aromatic N) is 1. The molecule has 0 bridgehead atoms. The van der Waals surface area contributed by atoms with E-state index in [-0.39, 0.29) is 5.91 Å². The Morgan fingerprint density at radius 3 is 3.12 bits per heavy atom. The van der Waals surface area contributed by atoms with Crippen LogP contribution in [0, 0.1) is 5.92 Å². The molecule has 0 saturated heterocycles. The van der Waals surface area contributed by atoms with Crippen molar-refractivity contribution in [2.24, 2.45) is 11.8 Å². The van der Waals surface area contributed by atoms with Gasteiger partial charge in [0.2, 0.25) is 0 Å². The number of carbonyl (C=O) groups is 1. The molecule has 0 fully saturated rings. The number of hydrogen-bond donors (Lipinski definition) is 2. The number of aromatic nitrogens is 1. The van der Waals surface area contributed by atoms with Gasteiger partial charge in [-0.3, -0.25) is 10.2 Å². The van der Waals surface area contributed by atoms with Gasteiger partial charge in [0, 0.05) is 11.1 Å². The molecule has 0 aromatic carbocycles. The second-order valence-electron chi connectivity index (χ2n) is 3.65. The van der Waals surface area contributed by atoms with E-state index in [4.69, 9.17) is 5.84 Å². The van der Waals surface area contributed by atoms with Gasteiger partial charge >= 0.3 is 0 Å². The van der Waals surface area contributed by atoms with Crippen molar-refractivity contribution >= 4 is 29.0 Å². The Morgan fingerprint density at radius 2 is 2.50 bits per heavy atom. The summed E-state index contributed by atoms with van der Waals surface area (Å²) in [5.41, 5.74) is 3.04. The fraction of sp³-hybridized carbons (Fsp3) is 0.600. The number of thiazole rings is 1. The van der Waals surface area contributed by atoms with Crippen LogP contribution in [0.3, 0.4) is 0 Å². The predicted octanol–water partition coefficient (Wildman–Crippen LogP) is 2.03. The molecule has 1 unspecified atom stereocenters. The molecule has 4 nitrogen and oxygen atoms in total. The summed E-state index contributed by atoms with van der Waals surface area (Å²) in [6.07, 6.45) is 1.20. The van der Waals surface area contributed by atoms with Crippen molar-refractivity contribution < 1.29 is 4.79 Å². The molecular weight excluding hydrogens is 242 g/mol. The summed E-state index contributed by atoms with van der Waals surface area (Å²) in [5, 5.41) is 2.34. The van der Waals surface area contributed by atoms with Crippen LogP contribution in [-0.4, -0.2) is 16.6 Å². The molecule has 1 aromatic heterocycles. The minimum absolute atomic E-state index is 0.317. The third kappa shape index (κ3) is 4.11. The molecule has 0 saturated carbocycles. The van der Waals surface area contributed by atoms with Crippen LogP contribution in [-0.2, 0) is 5.75 Å². The highest BCUT2D eigenvalue weighted by atomic mass is 32.2. The van der Waals surface area contributed by atoms with Gasteiger partial charge in [-0.2, -0.15) is 11.8 Å². The first kappa shape index (κ1) is 13.5. The predicted molar refractivity (Wildman–Crippen MR) is 69.4 cm³/mol. The van der Waals surface area contributed by atoms with E-state index in [0.29, 0.717) is 5.01 Å². The third-order valence-corrected chi connectivity index (χ3v) is 4.42. The van der Waals surface area contributed by atoms with Crippen molar-refractivity contribution in [3.8, 4) is 0 Å². The Balaban J connectivity index is 2.38. The Hall–Kier alpha value is -0.590. The third-order valence-electron chi connectivity index (χ3n) is 2.23. The van der Waals surface area contributed by atoms with Crippen molar-refractivity contribution in [1.82, 2.24) is 10.4 Å². The second kappa shape index (κ2) is 6.88. The molecule has 1 heterocycles. The van der Waals surface area contributed by atoms with E-state index < -0.39 is 0 Å². The van der Waals surface area contributed by atoms with Gasteiger partial charge in [-0.05, 0) is 11.7 Å². The highest BCUT2D eigenvalue weighted by molar-refractivity contribution is 7.98. The number of hydrogen-bond acceptors (Lipinski definition) is 5. The number of nitrogens with one attached hydrogen (secondary N) is 1. The number of rotatable bonds is 6. The minimum atomic E-state index is -0.317. The van der Waals surface area contributed by atoms with E-state index in [9.17, 15) is 4.79 Å². The molecule has 3 N–H and O–H groups in total. The lowest BCUT2D eigenvalue weighted by atomic mass is 10.2. The van der Waals surface area contributed by atoms with Crippen molar-refractivity contribution in [1.29, 1.82) is 0 Å². The maximum atomic E-state index is 11.2. The summed E-state index contributed by atoms with van der Waals surface area (Å²) in [6.45, 7) is 4.43. The van der Waals surface area contributed by atoms with Gasteiger partial charge in [0.15, 0.2) is 5.01 Å². The summed E-state index contributed by atoms with van der Waals surface area (Å²) in [4.78, 5) is 15.4. The van der Waals surface area contributed by atoms with Crippen molar-refractivity contribution in [2.75, 3.05) is 5.75 Å². The standard InChI is InChI=1S/C10H17N3OS2/c1-3-7(2)4-15-5-8-6-16-10(12-8)9(14)13-11/h6-7H,3-5,11H2,1-2H3,(H,13,14). The zero-order chi connectivity index (χ0) is 12.0. The highest BCUT2D eigenvalue weighted by Gasteiger charge is 2.09. The molecule has 16 heavy (non-hydrogen) atoms. The Morgan fingerprint density at radius 1 is 1.75 bits per heavy atom. The van der Waals surface area contributed by atoms with Crippen LogP contribution in [0.15, 0.2) is 5.38 Å². The lowest BCUT2D eigenvalue weighted by Gasteiger charge is -2.05. The molecule has 1 rings (SSSR count). The lowest BCUT2D eigenvalue weighted by Crippen LogP contribution is -2.29. The van der Waals surface area contributed by atoms with Crippen molar-refractivity contribution in [3.63, 3.8) is 0 Å². The largest absolute Gasteiger partial charge is 0.294 e. The summed E-state index contributed by atoms with van der Waals surface area (Å²) < 4.78 is 0. The van der Waals surface area contributed by atoms with E-state index in [1.165, 1.54) is 17.8 Å². The van der Waals surface area contributed by atoms with E-state index in [1.54, 1.807) is 0 Å². The highest BCUT2D eigenvalue weighted by Crippen LogP contribution is 2.18. The number of amides is 1. The maximum absolute atomic E-state index is 11.2. The molecule has 6 heteroatoms. The van der Waals surface area contributed by atoms with Gasteiger partial charge in [0.25, 0.3) is 5.91 Å². The van der Waals surface area contributed by atoms with Crippen molar-refractivity contribution in [3.05, 3.63) is 16.1 Å². The molecule has 1 amide bonds. The SMILES string of the molecule is CCC(C)CSCc1csc(C(=O)NN)n1. The molecule has 0 radical (unpaired) electrons. The monoisotopic (exact) mass is 259 g/mol. The van der Waals surface area contributed by atoms with Gasteiger partial charge in [-0.1, -0.05) is 20.3 Å². The van der Waals surface area contributed by atoms with Crippen molar-refractivity contribution in [2.45, 2.75) is 26.0 Å². The number of nitrogen functional groups attached to an aromatic ring is 1. The Labute approximate surface area is 104 Å². The Bertz CT molecular complexity index is 341. The fourth-order valence-electron chi connectivity index (χ4n) is 1.02. The van der Waals surface area contributed by atoms with Gasteiger partial charge in [0.1, 0.15) is 0 Å². The molecule has 0 spiro atoms. The zero-order valence-corrected chi connectivity index (χ0v) is 11.2. The lowest BCUT2D eigenvalue weighted by molar-refractivity contribution is 0.0953.